The predicted molar refractivity (Wildman–Crippen MR) is 124 cm³/mol. The second-order valence-electron chi connectivity index (χ2n) is 8.59. The molecule has 2 aliphatic heterocycles. The third-order valence-corrected chi connectivity index (χ3v) is 6.63. The van der Waals surface area contributed by atoms with E-state index in [1.807, 2.05) is 12.1 Å². The summed E-state index contributed by atoms with van der Waals surface area (Å²) in [4.78, 5) is 36.3. The van der Waals surface area contributed by atoms with Gasteiger partial charge in [-0.2, -0.15) is 0 Å². The number of fused-ring (bicyclic) bond motifs is 3. The van der Waals surface area contributed by atoms with Crippen LogP contribution in [-0.2, 0) is 10.2 Å². The van der Waals surface area contributed by atoms with E-state index in [1.165, 1.54) is 13.2 Å². The largest absolute Gasteiger partial charge is 0.492 e. The van der Waals surface area contributed by atoms with Crippen LogP contribution in [0.4, 0.5) is 15.8 Å². The van der Waals surface area contributed by atoms with Gasteiger partial charge in [-0.3, -0.25) is 9.59 Å². The molecule has 2 amide bonds. The fourth-order valence-corrected chi connectivity index (χ4v) is 5.01. The van der Waals surface area contributed by atoms with E-state index in [0.29, 0.717) is 47.1 Å². The molecule has 1 fully saturated rings. The quantitative estimate of drug-likeness (QED) is 0.320. The first-order valence-electron chi connectivity index (χ1n) is 10.8. The zero-order valence-electron chi connectivity index (χ0n) is 18.2. The number of hydrogen-bond acceptors (Lipinski definition) is 5. The molecule has 0 radical (unpaired) electrons. The molecule has 1 aromatic carbocycles. The summed E-state index contributed by atoms with van der Waals surface area (Å²) in [5, 5.41) is 9.93. The summed E-state index contributed by atoms with van der Waals surface area (Å²) in [5.74, 6) is -0.841. The van der Waals surface area contributed by atoms with Crippen LogP contribution in [0.3, 0.4) is 0 Å². The van der Waals surface area contributed by atoms with E-state index < -0.39 is 11.2 Å². The Morgan fingerprint density at radius 2 is 2.00 bits per heavy atom. The minimum absolute atomic E-state index is 0.0357. The van der Waals surface area contributed by atoms with E-state index in [9.17, 15) is 14.0 Å². The van der Waals surface area contributed by atoms with Gasteiger partial charge in [-0.15, -0.1) is 0 Å². The fourth-order valence-electron chi connectivity index (χ4n) is 5.01. The number of benzene rings is 1. The Kier molecular flexibility index (Phi) is 4.38. The third kappa shape index (κ3) is 2.88. The molecule has 2 aliphatic rings. The molecular formula is C24H21FN6O3. The summed E-state index contributed by atoms with van der Waals surface area (Å²) in [6.45, 7) is 0.730. The summed E-state index contributed by atoms with van der Waals surface area (Å²) >= 11 is 0. The molecule has 1 saturated heterocycles. The first-order valence-corrected chi connectivity index (χ1v) is 10.8. The first-order chi connectivity index (χ1) is 16.5. The van der Waals surface area contributed by atoms with Crippen LogP contribution < -0.4 is 20.7 Å². The van der Waals surface area contributed by atoms with Crippen molar-refractivity contribution in [2.75, 3.05) is 25.5 Å². The third-order valence-electron chi connectivity index (χ3n) is 6.63. The van der Waals surface area contributed by atoms with Crippen LogP contribution in [0.2, 0.25) is 0 Å². The van der Waals surface area contributed by atoms with Crippen LogP contribution in [0.1, 0.15) is 22.5 Å². The Bertz CT molecular complexity index is 1470. The number of methoxy groups -OCH3 is 1. The fraction of sp³-hybridized carbons (Fsp3) is 0.208. The van der Waals surface area contributed by atoms with E-state index >= 15 is 0 Å². The van der Waals surface area contributed by atoms with Gasteiger partial charge in [0.25, 0.3) is 5.91 Å². The lowest BCUT2D eigenvalue weighted by molar-refractivity contribution is -0.119. The van der Waals surface area contributed by atoms with Crippen LogP contribution in [0.25, 0.3) is 22.3 Å². The van der Waals surface area contributed by atoms with Gasteiger partial charge in [-0.25, -0.2) is 9.37 Å². The smallest absolute Gasteiger partial charge is 0.255 e. The topological polar surface area (TPSA) is 124 Å². The molecule has 0 bridgehead atoms. The molecule has 0 saturated carbocycles. The van der Waals surface area contributed by atoms with Gasteiger partial charge in [-0.05, 0) is 24.3 Å². The molecule has 1 atom stereocenters. The lowest BCUT2D eigenvalue weighted by Gasteiger charge is -2.32. The molecule has 0 unspecified atom stereocenters. The van der Waals surface area contributed by atoms with E-state index in [-0.39, 0.29) is 24.0 Å². The highest BCUT2D eigenvalue weighted by Gasteiger charge is 2.48. The SMILES string of the molecule is COc1c(F)cccc1Nc1c(-c2ccnc3[nH]ccc23)[nH]c2c1C(=O)NC[C@@]21CNC(=O)C1. The zero-order chi connectivity index (χ0) is 23.4. The number of pyridine rings is 1. The lowest BCUT2D eigenvalue weighted by Crippen LogP contribution is -2.48. The number of ether oxygens (including phenoxy) is 1. The minimum atomic E-state index is -0.606. The number of para-hydroxylation sites is 1. The number of aromatic nitrogens is 3. The van der Waals surface area contributed by atoms with E-state index in [2.05, 4.69) is 30.9 Å². The average Bonchev–Trinajstić information content (AvgIpc) is 3.55. The first kappa shape index (κ1) is 20.3. The number of hydrogen-bond donors (Lipinski definition) is 5. The number of nitrogens with one attached hydrogen (secondary N) is 5. The Hall–Kier alpha value is -4.34. The number of nitrogens with zero attached hydrogens (tertiary/aromatic N) is 1. The van der Waals surface area contributed by atoms with Crippen molar-refractivity contribution in [3.05, 3.63) is 59.8 Å². The molecule has 5 N–H and O–H groups in total. The molecule has 5 heterocycles. The van der Waals surface area contributed by atoms with E-state index in [1.54, 1.807) is 24.5 Å². The lowest BCUT2D eigenvalue weighted by atomic mass is 9.79. The maximum atomic E-state index is 14.5. The van der Waals surface area contributed by atoms with Crippen molar-refractivity contribution < 1.29 is 18.7 Å². The number of carbonyl (C=O) groups excluding carboxylic acids is 2. The Morgan fingerprint density at radius 3 is 2.79 bits per heavy atom. The van der Waals surface area contributed by atoms with E-state index in [4.69, 9.17) is 4.74 Å². The van der Waals surface area contributed by atoms with Crippen molar-refractivity contribution in [2.24, 2.45) is 0 Å². The predicted octanol–water partition coefficient (Wildman–Crippen LogP) is 2.95. The van der Waals surface area contributed by atoms with Gasteiger partial charge >= 0.3 is 0 Å². The number of aromatic amines is 2. The average molecular weight is 460 g/mol. The summed E-state index contributed by atoms with van der Waals surface area (Å²) in [5.41, 5.74) is 3.44. The van der Waals surface area contributed by atoms with Gasteiger partial charge in [0.15, 0.2) is 11.6 Å². The molecule has 0 aliphatic carbocycles. The van der Waals surface area contributed by atoms with Gasteiger partial charge in [0.05, 0.1) is 35.2 Å². The Morgan fingerprint density at radius 1 is 1.15 bits per heavy atom. The molecule has 34 heavy (non-hydrogen) atoms. The normalized spacial score (nSPS) is 19.2. The zero-order valence-corrected chi connectivity index (χ0v) is 18.2. The number of H-pyrrole nitrogens is 2. The van der Waals surface area contributed by atoms with Gasteiger partial charge in [0.2, 0.25) is 5.91 Å². The molecule has 3 aromatic heterocycles. The van der Waals surface area contributed by atoms with Gasteiger partial charge in [0.1, 0.15) is 5.65 Å². The van der Waals surface area contributed by atoms with Gasteiger partial charge in [0, 0.05) is 48.5 Å². The van der Waals surface area contributed by atoms with Crippen LogP contribution in [0, 0.1) is 5.82 Å². The molecule has 4 aromatic rings. The number of rotatable bonds is 4. The Labute approximate surface area is 193 Å². The molecule has 6 rings (SSSR count). The van der Waals surface area contributed by atoms with Crippen molar-refractivity contribution in [3.8, 4) is 17.0 Å². The van der Waals surface area contributed by atoms with Crippen molar-refractivity contribution in [2.45, 2.75) is 11.8 Å². The number of amides is 2. The van der Waals surface area contributed by atoms with Crippen molar-refractivity contribution in [1.82, 2.24) is 25.6 Å². The van der Waals surface area contributed by atoms with E-state index in [0.717, 1.165) is 10.9 Å². The van der Waals surface area contributed by atoms with Gasteiger partial charge < -0.3 is 30.7 Å². The maximum absolute atomic E-state index is 14.5. The summed E-state index contributed by atoms with van der Waals surface area (Å²) in [7, 11) is 1.39. The van der Waals surface area contributed by atoms with Gasteiger partial charge in [-0.1, -0.05) is 6.07 Å². The van der Waals surface area contributed by atoms with Crippen molar-refractivity contribution in [1.29, 1.82) is 0 Å². The molecule has 9 nitrogen and oxygen atoms in total. The molecular weight excluding hydrogens is 439 g/mol. The molecule has 10 heteroatoms. The molecule has 1 spiro atoms. The highest BCUT2D eigenvalue weighted by molar-refractivity contribution is 6.09. The summed E-state index contributed by atoms with van der Waals surface area (Å²) < 4.78 is 19.7. The number of halogens is 1. The highest BCUT2D eigenvalue weighted by atomic mass is 19.1. The van der Waals surface area contributed by atoms with Crippen LogP contribution in [-0.4, -0.2) is 47.0 Å². The minimum Gasteiger partial charge on any atom is -0.492 e. The number of carbonyl (C=O) groups is 2. The molecule has 172 valence electrons. The van der Waals surface area contributed by atoms with Crippen molar-refractivity contribution >= 4 is 34.2 Å². The highest BCUT2D eigenvalue weighted by Crippen LogP contribution is 2.46. The van der Waals surface area contributed by atoms with Crippen LogP contribution in [0.5, 0.6) is 5.75 Å². The second kappa shape index (κ2) is 7.34. The second-order valence-corrected chi connectivity index (χ2v) is 8.59. The standard InChI is InChI=1S/C24H21FN6O3/c1-34-20-14(25)3-2-4-15(20)30-19-17-21(24(11-29-23(17)33)9-16(32)28-10-24)31-18(19)12-5-7-26-22-13(12)6-8-27-22/h2-8,30-31H,9-11H2,1H3,(H,26,27)(H,28,32)(H,29,33)/t24-/m1/s1. The maximum Gasteiger partial charge on any atom is 0.255 e. The number of anilines is 2. The summed E-state index contributed by atoms with van der Waals surface area (Å²) in [6, 6.07) is 8.31. The Balaban J connectivity index is 1.62. The summed E-state index contributed by atoms with van der Waals surface area (Å²) in [6.07, 6.45) is 3.72. The van der Waals surface area contributed by atoms with Crippen molar-refractivity contribution in [3.63, 3.8) is 0 Å². The monoisotopic (exact) mass is 460 g/mol. The van der Waals surface area contributed by atoms with Crippen LogP contribution >= 0.6 is 0 Å². The van der Waals surface area contributed by atoms with Crippen LogP contribution in [0.15, 0.2) is 42.7 Å².